The van der Waals surface area contributed by atoms with E-state index >= 15 is 0 Å². The summed E-state index contributed by atoms with van der Waals surface area (Å²) in [6.07, 6.45) is 0. The predicted molar refractivity (Wildman–Crippen MR) is 74.0 cm³/mol. The van der Waals surface area contributed by atoms with E-state index in [2.05, 4.69) is 15.9 Å². The number of nitrogens with two attached hydrogens (primary N) is 1. The molecule has 0 heterocycles. The number of hydrogen-bond acceptors (Lipinski definition) is 2. The largest absolute Gasteiger partial charge is 0.489 e. The molecular formula is C14H13BrFNO. The van der Waals surface area contributed by atoms with Crippen LogP contribution in [0, 0.1) is 12.7 Å². The minimum atomic E-state index is -0.257. The molecule has 0 radical (unpaired) electrons. The summed E-state index contributed by atoms with van der Waals surface area (Å²) < 4.78 is 19.4. The first kappa shape index (κ1) is 12.9. The van der Waals surface area contributed by atoms with Gasteiger partial charge in [-0.1, -0.05) is 6.07 Å². The second-order valence-corrected chi connectivity index (χ2v) is 4.91. The molecule has 0 aliphatic rings. The Morgan fingerprint density at radius 2 is 2.00 bits per heavy atom. The van der Waals surface area contributed by atoms with Gasteiger partial charge in [-0.05, 0) is 64.3 Å². The van der Waals surface area contributed by atoms with Gasteiger partial charge in [-0.25, -0.2) is 4.39 Å². The highest BCUT2D eigenvalue weighted by molar-refractivity contribution is 9.10. The Morgan fingerprint density at radius 3 is 2.67 bits per heavy atom. The first-order valence-electron chi connectivity index (χ1n) is 5.49. The summed E-state index contributed by atoms with van der Waals surface area (Å²) in [6.45, 7) is 2.22. The minimum absolute atomic E-state index is 0.257. The summed E-state index contributed by atoms with van der Waals surface area (Å²) >= 11 is 3.34. The number of halogens is 2. The zero-order valence-corrected chi connectivity index (χ0v) is 11.5. The molecule has 0 fully saturated rings. The van der Waals surface area contributed by atoms with E-state index < -0.39 is 0 Å². The van der Waals surface area contributed by atoms with Crippen LogP contribution in [0.1, 0.15) is 11.1 Å². The number of benzene rings is 2. The summed E-state index contributed by atoms with van der Waals surface area (Å²) in [5.74, 6) is 0.422. The van der Waals surface area contributed by atoms with Gasteiger partial charge in [0.25, 0.3) is 0 Å². The number of ether oxygens (including phenoxy) is 1. The highest BCUT2D eigenvalue weighted by Crippen LogP contribution is 2.23. The van der Waals surface area contributed by atoms with Crippen molar-refractivity contribution >= 4 is 21.6 Å². The van der Waals surface area contributed by atoms with Gasteiger partial charge in [0.1, 0.15) is 18.2 Å². The van der Waals surface area contributed by atoms with E-state index in [-0.39, 0.29) is 5.82 Å². The molecule has 2 rings (SSSR count). The SMILES string of the molecule is Cc1cc(F)ccc1OCc1ccc(Br)c(N)c1. The molecule has 18 heavy (non-hydrogen) atoms. The standard InChI is InChI=1S/C14H13BrFNO/c1-9-6-11(16)3-5-14(9)18-8-10-2-4-12(15)13(17)7-10/h2-7H,8,17H2,1H3. The lowest BCUT2D eigenvalue weighted by atomic mass is 10.2. The smallest absolute Gasteiger partial charge is 0.123 e. The molecule has 0 aromatic heterocycles. The van der Waals surface area contributed by atoms with Gasteiger partial charge in [0.15, 0.2) is 0 Å². The maximum atomic E-state index is 12.9. The minimum Gasteiger partial charge on any atom is -0.489 e. The van der Waals surface area contributed by atoms with Gasteiger partial charge in [-0.3, -0.25) is 0 Å². The fourth-order valence-electron chi connectivity index (χ4n) is 1.62. The topological polar surface area (TPSA) is 35.2 Å². The van der Waals surface area contributed by atoms with E-state index in [9.17, 15) is 4.39 Å². The van der Waals surface area contributed by atoms with Gasteiger partial charge < -0.3 is 10.5 Å². The van der Waals surface area contributed by atoms with Crippen molar-refractivity contribution in [2.75, 3.05) is 5.73 Å². The lowest BCUT2D eigenvalue weighted by Gasteiger charge is -2.10. The summed E-state index contributed by atoms with van der Waals surface area (Å²) in [7, 11) is 0. The van der Waals surface area contributed by atoms with E-state index in [0.717, 1.165) is 15.6 Å². The molecule has 0 bridgehead atoms. The Morgan fingerprint density at radius 1 is 1.22 bits per heavy atom. The van der Waals surface area contributed by atoms with Crippen LogP contribution in [0.2, 0.25) is 0 Å². The van der Waals surface area contributed by atoms with Gasteiger partial charge in [0.05, 0.1) is 0 Å². The van der Waals surface area contributed by atoms with Crippen LogP contribution in [0.15, 0.2) is 40.9 Å². The van der Waals surface area contributed by atoms with Crippen LogP contribution in [-0.4, -0.2) is 0 Å². The third kappa shape index (κ3) is 3.01. The highest BCUT2D eigenvalue weighted by Gasteiger charge is 2.03. The van der Waals surface area contributed by atoms with Crippen molar-refractivity contribution in [3.05, 3.63) is 57.8 Å². The molecule has 0 atom stereocenters. The second-order valence-electron chi connectivity index (χ2n) is 4.05. The maximum absolute atomic E-state index is 12.9. The summed E-state index contributed by atoms with van der Waals surface area (Å²) in [5, 5.41) is 0. The Kier molecular flexibility index (Phi) is 3.87. The average Bonchev–Trinajstić information content (AvgIpc) is 2.32. The summed E-state index contributed by atoms with van der Waals surface area (Å²) in [4.78, 5) is 0. The predicted octanol–water partition coefficient (Wildman–Crippen LogP) is 4.06. The number of anilines is 1. The fourth-order valence-corrected chi connectivity index (χ4v) is 1.87. The van der Waals surface area contributed by atoms with Gasteiger partial charge >= 0.3 is 0 Å². The Balaban J connectivity index is 2.09. The Bertz CT molecular complexity index is 572. The monoisotopic (exact) mass is 309 g/mol. The second kappa shape index (κ2) is 5.40. The quantitative estimate of drug-likeness (QED) is 0.868. The van der Waals surface area contributed by atoms with Crippen LogP contribution in [-0.2, 0) is 6.61 Å². The number of nitrogen functional groups attached to an aromatic ring is 1. The number of hydrogen-bond donors (Lipinski definition) is 1. The number of aryl methyl sites for hydroxylation is 1. The van der Waals surface area contributed by atoms with Crippen LogP contribution in [0.3, 0.4) is 0 Å². The van der Waals surface area contributed by atoms with Crippen molar-refractivity contribution in [3.63, 3.8) is 0 Å². The first-order valence-corrected chi connectivity index (χ1v) is 6.28. The molecule has 4 heteroatoms. The van der Waals surface area contributed by atoms with Crippen molar-refractivity contribution in [1.29, 1.82) is 0 Å². The third-order valence-electron chi connectivity index (χ3n) is 2.59. The Hall–Kier alpha value is -1.55. The molecule has 0 aliphatic heterocycles. The fraction of sp³-hybridized carbons (Fsp3) is 0.143. The molecule has 2 N–H and O–H groups in total. The highest BCUT2D eigenvalue weighted by atomic mass is 79.9. The summed E-state index contributed by atoms with van der Waals surface area (Å²) in [6, 6.07) is 10.1. The van der Waals surface area contributed by atoms with Crippen molar-refractivity contribution < 1.29 is 9.13 Å². The molecule has 2 aromatic carbocycles. The van der Waals surface area contributed by atoms with Crippen molar-refractivity contribution in [3.8, 4) is 5.75 Å². The van der Waals surface area contributed by atoms with Crippen molar-refractivity contribution in [2.24, 2.45) is 0 Å². The zero-order valence-electron chi connectivity index (χ0n) is 9.91. The van der Waals surface area contributed by atoms with Crippen molar-refractivity contribution in [2.45, 2.75) is 13.5 Å². The normalized spacial score (nSPS) is 10.4. The molecule has 0 saturated heterocycles. The van der Waals surface area contributed by atoms with Gasteiger partial charge in [-0.15, -0.1) is 0 Å². The number of rotatable bonds is 3. The zero-order chi connectivity index (χ0) is 13.1. The molecule has 0 aliphatic carbocycles. The van der Waals surface area contributed by atoms with Gasteiger partial charge in [0, 0.05) is 10.2 Å². The molecular weight excluding hydrogens is 297 g/mol. The van der Waals surface area contributed by atoms with Crippen LogP contribution < -0.4 is 10.5 Å². The third-order valence-corrected chi connectivity index (χ3v) is 3.31. The van der Waals surface area contributed by atoms with Crippen molar-refractivity contribution in [1.82, 2.24) is 0 Å². The van der Waals surface area contributed by atoms with Crippen LogP contribution in [0.25, 0.3) is 0 Å². The maximum Gasteiger partial charge on any atom is 0.123 e. The average molecular weight is 310 g/mol. The molecule has 2 nitrogen and oxygen atoms in total. The molecule has 94 valence electrons. The Labute approximate surface area is 114 Å². The van der Waals surface area contributed by atoms with E-state index in [1.165, 1.54) is 12.1 Å². The molecule has 0 spiro atoms. The van der Waals surface area contributed by atoms with Crippen LogP contribution in [0.5, 0.6) is 5.75 Å². The lowest BCUT2D eigenvalue weighted by molar-refractivity contribution is 0.303. The molecule has 0 saturated carbocycles. The van der Waals surface area contributed by atoms with E-state index in [4.69, 9.17) is 10.5 Å². The lowest BCUT2D eigenvalue weighted by Crippen LogP contribution is -1.98. The van der Waals surface area contributed by atoms with E-state index in [0.29, 0.717) is 18.0 Å². The first-order chi connectivity index (χ1) is 8.56. The van der Waals surface area contributed by atoms with E-state index in [1.54, 1.807) is 6.07 Å². The van der Waals surface area contributed by atoms with Crippen LogP contribution in [0.4, 0.5) is 10.1 Å². The molecule has 2 aromatic rings. The van der Waals surface area contributed by atoms with Gasteiger partial charge in [-0.2, -0.15) is 0 Å². The van der Waals surface area contributed by atoms with E-state index in [1.807, 2.05) is 25.1 Å². The van der Waals surface area contributed by atoms with Gasteiger partial charge in [0.2, 0.25) is 0 Å². The molecule has 0 unspecified atom stereocenters. The summed E-state index contributed by atoms with van der Waals surface area (Å²) in [5.41, 5.74) is 8.21. The molecule has 0 amide bonds. The van der Waals surface area contributed by atoms with Crippen LogP contribution >= 0.6 is 15.9 Å².